The van der Waals surface area contributed by atoms with Crippen LogP contribution in [0.5, 0.6) is 0 Å². The van der Waals surface area contributed by atoms with Crippen molar-refractivity contribution in [1.82, 2.24) is 5.32 Å². The Morgan fingerprint density at radius 3 is 2.10 bits per heavy atom. The van der Waals surface area contributed by atoms with E-state index in [1.54, 1.807) is 0 Å². The zero-order chi connectivity index (χ0) is 15.1. The van der Waals surface area contributed by atoms with E-state index in [1.807, 2.05) is 20.8 Å². The molecule has 0 heterocycles. The summed E-state index contributed by atoms with van der Waals surface area (Å²) in [5, 5.41) is 3.84. The van der Waals surface area contributed by atoms with Crippen LogP contribution in [0.3, 0.4) is 0 Å². The van der Waals surface area contributed by atoms with Crippen molar-refractivity contribution in [2.75, 3.05) is 6.54 Å². The summed E-state index contributed by atoms with van der Waals surface area (Å²) in [6.45, 7) is 6.75. The molecule has 0 aromatic heterocycles. The Bertz CT molecular complexity index is 361. The van der Waals surface area contributed by atoms with Crippen LogP contribution in [0.4, 0.5) is 0 Å². The molecule has 3 heteroatoms. The number of rotatable bonds is 5. The van der Waals surface area contributed by atoms with Crippen LogP contribution in [-0.4, -0.2) is 23.7 Å². The molecule has 0 spiro atoms. The highest BCUT2D eigenvalue weighted by molar-refractivity contribution is 5.69. The van der Waals surface area contributed by atoms with Gasteiger partial charge in [-0.05, 0) is 90.0 Å². The van der Waals surface area contributed by atoms with Crippen LogP contribution in [-0.2, 0) is 9.53 Å². The van der Waals surface area contributed by atoms with E-state index >= 15 is 0 Å². The Hall–Kier alpha value is -0.570. The molecule has 120 valence electrons. The monoisotopic (exact) mass is 293 g/mol. The van der Waals surface area contributed by atoms with Crippen LogP contribution in [0.15, 0.2) is 0 Å². The smallest absolute Gasteiger partial charge is 0.306 e. The van der Waals surface area contributed by atoms with Crippen LogP contribution in [0.25, 0.3) is 0 Å². The van der Waals surface area contributed by atoms with Crippen LogP contribution >= 0.6 is 0 Å². The average molecular weight is 293 g/mol. The second kappa shape index (κ2) is 5.57. The summed E-state index contributed by atoms with van der Waals surface area (Å²) in [7, 11) is 0. The number of carbonyl (C=O) groups excluding carboxylic acids is 1. The molecule has 4 aliphatic rings. The molecule has 4 bridgehead atoms. The fourth-order valence-electron chi connectivity index (χ4n) is 5.31. The highest BCUT2D eigenvalue weighted by atomic mass is 16.6. The van der Waals surface area contributed by atoms with Gasteiger partial charge in [0.25, 0.3) is 0 Å². The van der Waals surface area contributed by atoms with Gasteiger partial charge in [0.05, 0.1) is 0 Å². The molecule has 0 aliphatic heterocycles. The first-order chi connectivity index (χ1) is 9.84. The molecule has 0 aromatic rings. The van der Waals surface area contributed by atoms with E-state index < -0.39 is 0 Å². The summed E-state index contributed by atoms with van der Waals surface area (Å²) in [4.78, 5) is 11.7. The minimum atomic E-state index is -0.357. The lowest BCUT2D eigenvalue weighted by atomic mass is 9.53. The number of esters is 1. The lowest BCUT2D eigenvalue weighted by molar-refractivity contribution is -0.154. The van der Waals surface area contributed by atoms with Gasteiger partial charge in [-0.1, -0.05) is 0 Å². The van der Waals surface area contributed by atoms with Gasteiger partial charge in [-0.2, -0.15) is 0 Å². The van der Waals surface area contributed by atoms with Crippen LogP contribution in [0, 0.1) is 17.8 Å². The third-order valence-electron chi connectivity index (χ3n) is 5.52. The SMILES string of the molecule is CC(C)(C)OC(=O)CCCNC12CC3CC(CC(C3)C1)C2. The number of carbonyl (C=O) groups is 1. The summed E-state index contributed by atoms with van der Waals surface area (Å²) in [6, 6.07) is 0. The zero-order valence-corrected chi connectivity index (χ0v) is 13.9. The Morgan fingerprint density at radius 1 is 1.10 bits per heavy atom. The molecule has 0 saturated heterocycles. The average Bonchev–Trinajstić information content (AvgIpc) is 2.31. The Kier molecular flexibility index (Phi) is 4.06. The first-order valence-electron chi connectivity index (χ1n) is 8.80. The maximum atomic E-state index is 11.7. The second-order valence-electron chi connectivity index (χ2n) is 8.81. The molecule has 4 fully saturated rings. The van der Waals surface area contributed by atoms with E-state index in [9.17, 15) is 4.79 Å². The minimum Gasteiger partial charge on any atom is -0.460 e. The van der Waals surface area contributed by atoms with Gasteiger partial charge < -0.3 is 10.1 Å². The largest absolute Gasteiger partial charge is 0.460 e. The number of hydrogen-bond donors (Lipinski definition) is 1. The Balaban J connectivity index is 1.41. The van der Waals surface area contributed by atoms with Crippen molar-refractivity contribution < 1.29 is 9.53 Å². The van der Waals surface area contributed by atoms with Gasteiger partial charge in [-0.3, -0.25) is 4.79 Å². The predicted molar refractivity (Wildman–Crippen MR) is 84.0 cm³/mol. The van der Waals surface area contributed by atoms with Crippen molar-refractivity contribution in [2.45, 2.75) is 83.3 Å². The van der Waals surface area contributed by atoms with E-state index in [2.05, 4.69) is 5.32 Å². The fourth-order valence-corrected chi connectivity index (χ4v) is 5.31. The molecule has 0 unspecified atom stereocenters. The molecule has 1 N–H and O–H groups in total. The van der Waals surface area contributed by atoms with Crippen molar-refractivity contribution in [2.24, 2.45) is 17.8 Å². The molecule has 0 amide bonds. The third-order valence-corrected chi connectivity index (χ3v) is 5.52. The molecule has 4 saturated carbocycles. The predicted octanol–water partition coefficient (Wildman–Crippen LogP) is 3.67. The first-order valence-corrected chi connectivity index (χ1v) is 8.80. The highest BCUT2D eigenvalue weighted by Gasteiger charge is 2.50. The maximum absolute atomic E-state index is 11.7. The summed E-state index contributed by atoms with van der Waals surface area (Å²) < 4.78 is 5.37. The Labute approximate surface area is 129 Å². The Morgan fingerprint density at radius 2 is 1.62 bits per heavy atom. The van der Waals surface area contributed by atoms with Gasteiger partial charge in [0.15, 0.2) is 0 Å². The van der Waals surface area contributed by atoms with Crippen LogP contribution < -0.4 is 5.32 Å². The summed E-state index contributed by atoms with van der Waals surface area (Å²) in [6.07, 6.45) is 10.0. The van der Waals surface area contributed by atoms with E-state index in [1.165, 1.54) is 38.5 Å². The summed E-state index contributed by atoms with van der Waals surface area (Å²) in [5.74, 6) is 2.88. The lowest BCUT2D eigenvalue weighted by Gasteiger charge is -2.57. The summed E-state index contributed by atoms with van der Waals surface area (Å²) >= 11 is 0. The molecule has 0 aromatic carbocycles. The maximum Gasteiger partial charge on any atom is 0.306 e. The topological polar surface area (TPSA) is 38.3 Å². The van der Waals surface area contributed by atoms with Gasteiger partial charge in [0.2, 0.25) is 0 Å². The van der Waals surface area contributed by atoms with Gasteiger partial charge in [-0.25, -0.2) is 0 Å². The van der Waals surface area contributed by atoms with E-state index in [4.69, 9.17) is 4.74 Å². The standard InChI is InChI=1S/C18H31NO2/c1-17(2,3)21-16(20)5-4-6-19-18-10-13-7-14(11-18)9-15(8-13)12-18/h13-15,19H,4-12H2,1-3H3. The second-order valence-corrected chi connectivity index (χ2v) is 8.81. The number of ether oxygens (including phenoxy) is 1. The third kappa shape index (κ3) is 3.80. The zero-order valence-electron chi connectivity index (χ0n) is 13.9. The first kappa shape index (κ1) is 15.3. The quantitative estimate of drug-likeness (QED) is 0.621. The molecule has 4 aliphatic carbocycles. The van der Waals surface area contributed by atoms with Crippen molar-refractivity contribution in [3.63, 3.8) is 0 Å². The molecule has 3 nitrogen and oxygen atoms in total. The molecular weight excluding hydrogens is 262 g/mol. The lowest BCUT2D eigenvalue weighted by Crippen LogP contribution is -2.58. The van der Waals surface area contributed by atoms with Crippen molar-refractivity contribution in [1.29, 1.82) is 0 Å². The van der Waals surface area contributed by atoms with Gasteiger partial charge in [-0.15, -0.1) is 0 Å². The van der Waals surface area contributed by atoms with Crippen LogP contribution in [0.2, 0.25) is 0 Å². The van der Waals surface area contributed by atoms with Gasteiger partial charge in [0, 0.05) is 12.0 Å². The van der Waals surface area contributed by atoms with Crippen molar-refractivity contribution in [3.8, 4) is 0 Å². The molecule has 0 radical (unpaired) electrons. The van der Waals surface area contributed by atoms with E-state index in [-0.39, 0.29) is 11.6 Å². The van der Waals surface area contributed by atoms with Crippen LogP contribution in [0.1, 0.15) is 72.1 Å². The van der Waals surface area contributed by atoms with E-state index in [0.717, 1.165) is 30.7 Å². The normalized spacial score (nSPS) is 37.8. The molecule has 21 heavy (non-hydrogen) atoms. The van der Waals surface area contributed by atoms with Gasteiger partial charge >= 0.3 is 5.97 Å². The van der Waals surface area contributed by atoms with Gasteiger partial charge in [0.1, 0.15) is 5.60 Å². The highest BCUT2D eigenvalue weighted by Crippen LogP contribution is 2.55. The number of nitrogens with one attached hydrogen (secondary N) is 1. The van der Waals surface area contributed by atoms with Crippen molar-refractivity contribution in [3.05, 3.63) is 0 Å². The molecular formula is C18H31NO2. The molecule has 4 rings (SSSR count). The molecule has 0 atom stereocenters. The number of hydrogen-bond acceptors (Lipinski definition) is 3. The fraction of sp³-hybridized carbons (Fsp3) is 0.944. The van der Waals surface area contributed by atoms with E-state index in [0.29, 0.717) is 12.0 Å². The van der Waals surface area contributed by atoms with Crippen molar-refractivity contribution >= 4 is 5.97 Å². The summed E-state index contributed by atoms with van der Waals surface area (Å²) in [5.41, 5.74) is 0.0626. The minimum absolute atomic E-state index is 0.0604.